The topological polar surface area (TPSA) is 206 Å². The van der Waals surface area contributed by atoms with Crippen LogP contribution >= 0.6 is 0 Å². The number of unbranched alkanes of at least 4 members (excludes halogenated alkanes) is 4. The van der Waals surface area contributed by atoms with Gasteiger partial charge in [-0.3, -0.25) is 14.4 Å². The van der Waals surface area contributed by atoms with E-state index in [0.717, 1.165) is 52.5 Å². The number of hydrogen-bond acceptors (Lipinski definition) is 13. The molecular weight excluding hydrogens is 592 g/mol. The Labute approximate surface area is 263 Å². The molecule has 1 heterocycles. The molecule has 0 bridgehead atoms. The molecule has 1 saturated heterocycles. The van der Waals surface area contributed by atoms with Crippen LogP contribution < -0.4 is 0 Å². The van der Waals surface area contributed by atoms with Crippen molar-refractivity contribution in [2.75, 3.05) is 0 Å². The molecule has 11 atom stereocenters. The number of aliphatic hydroxyl groups excluding tert-OH is 2. The lowest BCUT2D eigenvalue weighted by Crippen LogP contribution is -2.74. The summed E-state index contributed by atoms with van der Waals surface area (Å²) in [6, 6.07) is 0. The predicted molar refractivity (Wildman–Crippen MR) is 157 cm³/mol. The summed E-state index contributed by atoms with van der Waals surface area (Å²) in [5, 5.41) is 58.6. The fourth-order valence-electron chi connectivity index (χ4n) is 7.01. The summed E-state index contributed by atoms with van der Waals surface area (Å²) in [4.78, 5) is 51.2. The summed E-state index contributed by atoms with van der Waals surface area (Å²) >= 11 is 0. The lowest BCUT2D eigenvalue weighted by molar-refractivity contribution is -0.263. The van der Waals surface area contributed by atoms with Crippen LogP contribution in [-0.4, -0.2) is 103 Å². The zero-order valence-electron chi connectivity index (χ0n) is 27.0. The molecule has 2 aliphatic carbocycles. The zero-order chi connectivity index (χ0) is 34.1. The van der Waals surface area contributed by atoms with E-state index in [0.29, 0.717) is 6.42 Å². The minimum absolute atomic E-state index is 0.0186. The number of rotatable bonds is 9. The number of carbonyl (C=O) groups is 4. The third-order valence-electron chi connectivity index (χ3n) is 9.54. The van der Waals surface area contributed by atoms with E-state index in [1.165, 1.54) is 32.9 Å². The van der Waals surface area contributed by atoms with Crippen LogP contribution in [0.1, 0.15) is 87.0 Å². The molecule has 5 N–H and O–H groups in total. The highest BCUT2D eigenvalue weighted by Crippen LogP contribution is 2.55. The molecule has 0 aromatic rings. The molecule has 0 aromatic carbocycles. The Bertz CT molecular complexity index is 1210. The van der Waals surface area contributed by atoms with Crippen molar-refractivity contribution in [3.05, 3.63) is 23.8 Å². The van der Waals surface area contributed by atoms with Crippen LogP contribution in [0.2, 0.25) is 0 Å². The Morgan fingerprint density at radius 3 is 2.07 bits per heavy atom. The molecule has 254 valence electrons. The lowest BCUT2D eigenvalue weighted by atomic mass is 9.53. The van der Waals surface area contributed by atoms with Gasteiger partial charge < -0.3 is 44.5 Å². The van der Waals surface area contributed by atoms with Crippen LogP contribution in [-0.2, 0) is 38.1 Å². The summed E-state index contributed by atoms with van der Waals surface area (Å²) in [7, 11) is 0. The first-order valence-corrected chi connectivity index (χ1v) is 15.4. The van der Waals surface area contributed by atoms with E-state index in [2.05, 4.69) is 6.92 Å². The van der Waals surface area contributed by atoms with Crippen LogP contribution in [0.25, 0.3) is 0 Å². The first-order valence-electron chi connectivity index (χ1n) is 15.4. The Balaban J connectivity index is 2.31. The van der Waals surface area contributed by atoms with E-state index in [1.807, 2.05) is 0 Å². The normalized spacial score (nSPS) is 42.4. The smallest absolute Gasteiger partial charge is 0.341 e. The first-order chi connectivity index (χ1) is 20.8. The van der Waals surface area contributed by atoms with Gasteiger partial charge in [-0.1, -0.05) is 51.7 Å². The molecule has 13 nitrogen and oxygen atoms in total. The fourth-order valence-corrected chi connectivity index (χ4v) is 7.01. The van der Waals surface area contributed by atoms with Crippen molar-refractivity contribution in [1.29, 1.82) is 0 Å². The van der Waals surface area contributed by atoms with Gasteiger partial charge in [-0.2, -0.15) is 0 Å². The van der Waals surface area contributed by atoms with E-state index in [9.17, 15) is 44.7 Å². The minimum atomic E-state index is -2.82. The average Bonchev–Trinajstić information content (AvgIpc) is 3.10. The van der Waals surface area contributed by atoms with Gasteiger partial charge >= 0.3 is 23.9 Å². The van der Waals surface area contributed by atoms with Gasteiger partial charge in [0, 0.05) is 31.6 Å². The molecule has 13 heteroatoms. The van der Waals surface area contributed by atoms with Gasteiger partial charge in [0.1, 0.15) is 24.4 Å². The van der Waals surface area contributed by atoms with Crippen LogP contribution in [0.3, 0.4) is 0 Å². The first kappa shape index (κ1) is 36.6. The molecular formula is C32H48O13. The Morgan fingerprint density at radius 1 is 0.911 bits per heavy atom. The number of hydrogen-bond donors (Lipinski definition) is 5. The standard InChI is InChI=1S/C32H48O13/c1-8-9-10-11-12-13-22(36)45-24-17(2)16-21-32(41,31(7,40)28(38)44-21)27(43-19(4)34)25-29(5,15-14-20(35)30(25,6)39)26(23(24)37)42-18(3)33/h14-16,20-21,23-27,35,37,39-41H,8-13H2,1-7H3/b17-16-/t20?,21?,23?,24?,25?,26?,27?,29-,30+,31+,32?/m0/s1. The van der Waals surface area contributed by atoms with Crippen molar-refractivity contribution in [1.82, 2.24) is 0 Å². The molecule has 0 spiro atoms. The second-order valence-corrected chi connectivity index (χ2v) is 13.1. The molecule has 3 aliphatic rings. The highest BCUT2D eigenvalue weighted by Gasteiger charge is 2.74. The van der Waals surface area contributed by atoms with Gasteiger partial charge in [0.15, 0.2) is 23.4 Å². The van der Waals surface area contributed by atoms with Crippen LogP contribution in [0, 0.1) is 11.3 Å². The van der Waals surface area contributed by atoms with E-state index >= 15 is 0 Å². The maximum Gasteiger partial charge on any atom is 0.341 e. The second kappa shape index (κ2) is 13.5. The third-order valence-corrected chi connectivity index (χ3v) is 9.54. The van der Waals surface area contributed by atoms with Crippen molar-refractivity contribution in [2.45, 2.75) is 140 Å². The summed E-state index contributed by atoms with van der Waals surface area (Å²) in [6.07, 6.45) is -2.52. The van der Waals surface area contributed by atoms with E-state index in [1.54, 1.807) is 0 Å². The maximum atomic E-state index is 13.1. The van der Waals surface area contributed by atoms with Crippen LogP contribution in [0.5, 0.6) is 0 Å². The molecule has 0 amide bonds. The number of fused-ring (bicyclic) bond motifs is 2. The molecule has 1 aliphatic heterocycles. The van der Waals surface area contributed by atoms with Crippen molar-refractivity contribution in [2.24, 2.45) is 11.3 Å². The average molecular weight is 641 g/mol. The molecule has 3 rings (SSSR count). The van der Waals surface area contributed by atoms with Crippen LogP contribution in [0.15, 0.2) is 23.8 Å². The predicted octanol–water partition coefficient (Wildman–Crippen LogP) is 1.15. The SMILES string of the molecule is CCCCCCCC(=O)OC1/C(C)=C\C2OC(=O)[C@@](C)(O)C2(O)C(OC(C)=O)C2[C@](C)(O)C(O)C=C[C@]2(C)C(OC(C)=O)C1O. The largest absolute Gasteiger partial charge is 0.459 e. The summed E-state index contributed by atoms with van der Waals surface area (Å²) in [6.45, 7) is 9.11. The summed E-state index contributed by atoms with van der Waals surface area (Å²) in [5.74, 6) is -5.51. The van der Waals surface area contributed by atoms with Crippen molar-refractivity contribution >= 4 is 23.9 Å². The number of ether oxygens (including phenoxy) is 4. The van der Waals surface area contributed by atoms with Crippen molar-refractivity contribution in [3.63, 3.8) is 0 Å². The minimum Gasteiger partial charge on any atom is -0.459 e. The Morgan fingerprint density at radius 2 is 1.49 bits per heavy atom. The monoisotopic (exact) mass is 640 g/mol. The maximum absolute atomic E-state index is 13.1. The highest BCUT2D eigenvalue weighted by atomic mass is 16.6. The zero-order valence-corrected chi connectivity index (χ0v) is 27.0. The van der Waals surface area contributed by atoms with Crippen molar-refractivity contribution < 1.29 is 63.7 Å². The van der Waals surface area contributed by atoms with E-state index in [-0.39, 0.29) is 12.0 Å². The highest BCUT2D eigenvalue weighted by molar-refractivity contribution is 5.84. The second-order valence-electron chi connectivity index (χ2n) is 13.1. The summed E-state index contributed by atoms with van der Waals surface area (Å²) in [5.41, 5.74) is -9.65. The van der Waals surface area contributed by atoms with Gasteiger partial charge in [-0.05, 0) is 38.8 Å². The van der Waals surface area contributed by atoms with E-state index in [4.69, 9.17) is 18.9 Å². The van der Waals surface area contributed by atoms with Gasteiger partial charge in [0.2, 0.25) is 0 Å². The number of aliphatic hydroxyl groups is 5. The molecule has 0 radical (unpaired) electrons. The Hall–Kier alpha value is -2.84. The summed E-state index contributed by atoms with van der Waals surface area (Å²) < 4.78 is 22.4. The number of esters is 4. The molecule has 0 aromatic heterocycles. The van der Waals surface area contributed by atoms with Crippen LogP contribution in [0.4, 0.5) is 0 Å². The Kier molecular flexibility index (Phi) is 11.0. The van der Waals surface area contributed by atoms with Gasteiger partial charge in [0.05, 0.1) is 5.60 Å². The lowest BCUT2D eigenvalue weighted by Gasteiger charge is -2.57. The quantitative estimate of drug-likeness (QED) is 0.104. The van der Waals surface area contributed by atoms with Gasteiger partial charge in [-0.15, -0.1) is 0 Å². The van der Waals surface area contributed by atoms with Crippen molar-refractivity contribution in [3.8, 4) is 0 Å². The van der Waals surface area contributed by atoms with E-state index < -0.39 is 88.6 Å². The molecule has 45 heavy (non-hydrogen) atoms. The molecule has 8 unspecified atom stereocenters. The number of carbonyl (C=O) groups excluding carboxylic acids is 4. The molecule has 0 saturated carbocycles. The van der Waals surface area contributed by atoms with Gasteiger partial charge in [0.25, 0.3) is 0 Å². The fraction of sp³-hybridized carbons (Fsp3) is 0.750. The molecule has 1 fully saturated rings. The van der Waals surface area contributed by atoms with Gasteiger partial charge in [-0.25, -0.2) is 4.79 Å². The third kappa shape index (κ3) is 6.69.